The number of hydrogen-bond acceptors (Lipinski definition) is 3. The van der Waals surface area contributed by atoms with E-state index >= 15 is 0 Å². The average Bonchev–Trinajstić information content (AvgIpc) is 2.99. The average molecular weight is 268 g/mol. The first-order valence-electron chi connectivity index (χ1n) is 8.23. The van der Waals surface area contributed by atoms with Gasteiger partial charge in [-0.3, -0.25) is 4.90 Å². The second kappa shape index (κ2) is 7.61. The number of nitrogens with zero attached hydrogens (tertiary/aromatic N) is 1. The molecule has 1 heterocycles. The van der Waals surface area contributed by atoms with Gasteiger partial charge in [-0.2, -0.15) is 0 Å². The molecule has 1 aliphatic heterocycles. The molecule has 0 aromatic heterocycles. The minimum Gasteiger partial charge on any atom is -0.372 e. The van der Waals surface area contributed by atoms with Crippen LogP contribution < -0.4 is 5.32 Å². The van der Waals surface area contributed by atoms with Gasteiger partial charge in [0.25, 0.3) is 0 Å². The fourth-order valence-electron chi connectivity index (χ4n) is 3.66. The number of ether oxygens (including phenoxy) is 1. The van der Waals surface area contributed by atoms with Gasteiger partial charge in [0, 0.05) is 25.7 Å². The summed E-state index contributed by atoms with van der Waals surface area (Å²) in [6.07, 6.45) is 9.04. The first-order valence-corrected chi connectivity index (χ1v) is 8.23. The number of likely N-dealkylation sites (N-methyl/N-ethyl adjacent to an activating group) is 1. The van der Waals surface area contributed by atoms with Crippen molar-refractivity contribution < 1.29 is 4.74 Å². The largest absolute Gasteiger partial charge is 0.372 e. The van der Waals surface area contributed by atoms with Crippen molar-refractivity contribution in [2.24, 2.45) is 5.92 Å². The third-order valence-corrected chi connectivity index (χ3v) is 4.51. The van der Waals surface area contributed by atoms with E-state index in [2.05, 4.69) is 24.1 Å². The molecule has 2 fully saturated rings. The highest BCUT2D eigenvalue weighted by molar-refractivity contribution is 4.83. The summed E-state index contributed by atoms with van der Waals surface area (Å²) < 4.78 is 6.17. The van der Waals surface area contributed by atoms with E-state index < -0.39 is 0 Å². The summed E-state index contributed by atoms with van der Waals surface area (Å²) in [5.74, 6) is 0.759. The molecule has 112 valence electrons. The molecule has 0 spiro atoms. The van der Waals surface area contributed by atoms with E-state index in [0.29, 0.717) is 12.2 Å². The molecule has 1 saturated carbocycles. The lowest BCUT2D eigenvalue weighted by Crippen LogP contribution is -2.41. The number of rotatable bonds is 7. The highest BCUT2D eigenvalue weighted by Gasteiger charge is 2.30. The van der Waals surface area contributed by atoms with Gasteiger partial charge in [-0.15, -0.1) is 0 Å². The Morgan fingerprint density at radius 3 is 2.42 bits per heavy atom. The van der Waals surface area contributed by atoms with E-state index in [9.17, 15) is 0 Å². The summed E-state index contributed by atoms with van der Waals surface area (Å²) in [6, 6.07) is 0.828. The van der Waals surface area contributed by atoms with E-state index in [1.165, 1.54) is 45.1 Å². The van der Waals surface area contributed by atoms with E-state index in [1.54, 1.807) is 0 Å². The Bertz CT molecular complexity index is 251. The van der Waals surface area contributed by atoms with Gasteiger partial charge in [0.2, 0.25) is 0 Å². The number of hydrogen-bond donors (Lipinski definition) is 1. The maximum Gasteiger partial charge on any atom is 0.0707 e. The van der Waals surface area contributed by atoms with Crippen LogP contribution in [-0.4, -0.2) is 49.8 Å². The van der Waals surface area contributed by atoms with E-state index in [1.807, 2.05) is 7.05 Å². The van der Waals surface area contributed by atoms with Gasteiger partial charge >= 0.3 is 0 Å². The molecule has 19 heavy (non-hydrogen) atoms. The Morgan fingerprint density at radius 1 is 1.11 bits per heavy atom. The molecular formula is C16H32N2O. The number of nitrogens with one attached hydrogen (secondary N) is 1. The summed E-state index contributed by atoms with van der Waals surface area (Å²) in [5.41, 5.74) is 0. The van der Waals surface area contributed by atoms with Crippen LogP contribution in [0.3, 0.4) is 0 Å². The topological polar surface area (TPSA) is 24.5 Å². The Hall–Kier alpha value is -0.120. The van der Waals surface area contributed by atoms with Crippen molar-refractivity contribution in [1.82, 2.24) is 10.2 Å². The van der Waals surface area contributed by atoms with Crippen molar-refractivity contribution in [3.8, 4) is 0 Å². The van der Waals surface area contributed by atoms with Gasteiger partial charge in [0.05, 0.1) is 12.2 Å². The first kappa shape index (κ1) is 15.3. The van der Waals surface area contributed by atoms with Crippen LogP contribution in [0.25, 0.3) is 0 Å². The normalized spacial score (nSPS) is 28.9. The lowest BCUT2D eigenvalue weighted by atomic mass is 10.1. The minimum atomic E-state index is 0.444. The van der Waals surface area contributed by atoms with Gasteiger partial charge < -0.3 is 10.1 Å². The van der Waals surface area contributed by atoms with Gasteiger partial charge in [-0.1, -0.05) is 26.7 Å². The molecule has 2 rings (SSSR count). The fraction of sp³-hybridized carbons (Fsp3) is 1.00. The van der Waals surface area contributed by atoms with Crippen LogP contribution >= 0.6 is 0 Å². The molecule has 2 aliphatic rings. The first-order chi connectivity index (χ1) is 9.19. The maximum atomic E-state index is 6.17. The predicted octanol–water partition coefficient (Wildman–Crippen LogP) is 2.65. The zero-order valence-electron chi connectivity index (χ0n) is 13.0. The molecule has 2 unspecified atom stereocenters. The van der Waals surface area contributed by atoms with Crippen LogP contribution in [0.4, 0.5) is 0 Å². The second-order valence-electron chi connectivity index (χ2n) is 6.80. The molecular weight excluding hydrogens is 236 g/mol. The van der Waals surface area contributed by atoms with Crippen LogP contribution in [-0.2, 0) is 4.74 Å². The zero-order valence-corrected chi connectivity index (χ0v) is 13.0. The summed E-state index contributed by atoms with van der Waals surface area (Å²) >= 11 is 0. The fourth-order valence-corrected chi connectivity index (χ4v) is 3.66. The van der Waals surface area contributed by atoms with Crippen molar-refractivity contribution in [1.29, 1.82) is 0 Å². The highest BCUT2D eigenvalue weighted by Crippen LogP contribution is 2.27. The molecule has 0 aromatic carbocycles. The standard InChI is InChI=1S/C16H32N2O/c1-13(2)11-18(14-6-4-5-7-14)12-16-9-8-15(19-16)10-17-3/h13-17H,4-12H2,1-3H3. The van der Waals surface area contributed by atoms with Crippen LogP contribution in [0.15, 0.2) is 0 Å². The predicted molar refractivity (Wildman–Crippen MR) is 80.5 cm³/mol. The Kier molecular flexibility index (Phi) is 6.11. The minimum absolute atomic E-state index is 0.444. The lowest BCUT2D eigenvalue weighted by molar-refractivity contribution is 0.0126. The molecule has 0 bridgehead atoms. The van der Waals surface area contributed by atoms with Crippen molar-refractivity contribution in [3.63, 3.8) is 0 Å². The Morgan fingerprint density at radius 2 is 1.79 bits per heavy atom. The van der Waals surface area contributed by atoms with Crippen molar-refractivity contribution in [3.05, 3.63) is 0 Å². The van der Waals surface area contributed by atoms with Crippen molar-refractivity contribution >= 4 is 0 Å². The van der Waals surface area contributed by atoms with Crippen LogP contribution in [0, 0.1) is 5.92 Å². The van der Waals surface area contributed by atoms with E-state index in [4.69, 9.17) is 4.74 Å². The second-order valence-corrected chi connectivity index (χ2v) is 6.80. The summed E-state index contributed by atoms with van der Waals surface area (Å²) in [4.78, 5) is 2.73. The molecule has 0 radical (unpaired) electrons. The molecule has 0 aromatic rings. The molecule has 0 amide bonds. The lowest BCUT2D eigenvalue weighted by Gasteiger charge is -2.32. The Labute approximate surface area is 119 Å². The molecule has 1 saturated heterocycles. The molecule has 1 aliphatic carbocycles. The van der Waals surface area contributed by atoms with E-state index in [-0.39, 0.29) is 0 Å². The quantitative estimate of drug-likeness (QED) is 0.768. The summed E-state index contributed by atoms with van der Waals surface area (Å²) in [6.45, 7) is 8.07. The molecule has 3 nitrogen and oxygen atoms in total. The maximum absolute atomic E-state index is 6.17. The van der Waals surface area contributed by atoms with Gasteiger partial charge in [0.1, 0.15) is 0 Å². The molecule has 3 heteroatoms. The van der Waals surface area contributed by atoms with E-state index in [0.717, 1.165) is 25.0 Å². The highest BCUT2D eigenvalue weighted by atomic mass is 16.5. The summed E-state index contributed by atoms with van der Waals surface area (Å²) in [7, 11) is 2.01. The monoisotopic (exact) mass is 268 g/mol. The SMILES string of the molecule is CNCC1CCC(CN(CC(C)C)C2CCCC2)O1. The summed E-state index contributed by atoms with van der Waals surface area (Å²) in [5, 5.41) is 3.23. The van der Waals surface area contributed by atoms with Gasteiger partial charge in [-0.25, -0.2) is 0 Å². The molecule has 2 atom stereocenters. The van der Waals surface area contributed by atoms with Gasteiger partial charge in [0.15, 0.2) is 0 Å². The Balaban J connectivity index is 1.82. The van der Waals surface area contributed by atoms with Crippen molar-refractivity contribution in [2.75, 3.05) is 26.7 Å². The third kappa shape index (κ3) is 4.73. The van der Waals surface area contributed by atoms with Crippen LogP contribution in [0.2, 0.25) is 0 Å². The van der Waals surface area contributed by atoms with Crippen molar-refractivity contribution in [2.45, 2.75) is 70.6 Å². The zero-order chi connectivity index (χ0) is 13.7. The van der Waals surface area contributed by atoms with Crippen LogP contribution in [0.1, 0.15) is 52.4 Å². The third-order valence-electron chi connectivity index (χ3n) is 4.51. The van der Waals surface area contributed by atoms with Gasteiger partial charge in [-0.05, 0) is 38.6 Å². The molecule has 1 N–H and O–H groups in total. The van der Waals surface area contributed by atoms with Crippen LogP contribution in [0.5, 0.6) is 0 Å². The smallest absolute Gasteiger partial charge is 0.0707 e.